The molecule has 0 aromatic heterocycles. The van der Waals surface area contributed by atoms with Gasteiger partial charge in [-0.05, 0) is 22.8 Å². The normalized spacial score (nSPS) is 21.2. The van der Waals surface area contributed by atoms with Gasteiger partial charge in [-0.25, -0.2) is 0 Å². The Morgan fingerprint density at radius 2 is 1.26 bits per heavy atom. The average molecular weight is 296 g/mol. The molecule has 2 heterocycles. The summed E-state index contributed by atoms with van der Waals surface area (Å²) in [6.45, 7) is 0. The number of benzene rings is 3. The third kappa shape index (κ3) is 1.99. The van der Waals surface area contributed by atoms with Crippen molar-refractivity contribution in [2.45, 2.75) is 12.1 Å². The van der Waals surface area contributed by atoms with Crippen LogP contribution in [0.3, 0.4) is 0 Å². The monoisotopic (exact) mass is 296 g/mol. The minimum Gasteiger partial charge on any atom is -0.275 e. The first kappa shape index (κ1) is 12.7. The number of hydrogen-bond acceptors (Lipinski definition) is 2. The minimum atomic E-state index is 0.437. The number of hydrogen-bond donors (Lipinski definition) is 0. The van der Waals surface area contributed by atoms with Crippen LogP contribution < -0.4 is 0 Å². The zero-order valence-electron chi connectivity index (χ0n) is 12.6. The number of fused-ring (bicyclic) bond motifs is 1. The van der Waals surface area contributed by atoms with E-state index in [-0.39, 0.29) is 0 Å². The van der Waals surface area contributed by atoms with Crippen LogP contribution >= 0.6 is 0 Å². The van der Waals surface area contributed by atoms with Gasteiger partial charge in [0.25, 0.3) is 0 Å². The fourth-order valence-corrected chi connectivity index (χ4v) is 3.45. The minimum absolute atomic E-state index is 0.437. The van der Waals surface area contributed by atoms with Gasteiger partial charge in [0.2, 0.25) is 0 Å². The molecule has 3 aromatic carbocycles. The zero-order valence-corrected chi connectivity index (χ0v) is 12.6. The molecule has 1 saturated heterocycles. The lowest BCUT2D eigenvalue weighted by molar-refractivity contribution is 0.506. The van der Waals surface area contributed by atoms with Gasteiger partial charge in [0.1, 0.15) is 12.1 Å². The van der Waals surface area contributed by atoms with Crippen molar-refractivity contribution in [3.05, 3.63) is 96.1 Å². The molecule has 0 bridgehead atoms. The lowest BCUT2D eigenvalue weighted by atomic mass is 9.97. The second-order valence-electron chi connectivity index (χ2n) is 6.11. The summed E-state index contributed by atoms with van der Waals surface area (Å²) in [4.78, 5) is 0. The van der Waals surface area contributed by atoms with Crippen molar-refractivity contribution in [3.63, 3.8) is 0 Å². The molecule has 110 valence electrons. The van der Waals surface area contributed by atoms with Gasteiger partial charge in [0.05, 0.1) is 5.71 Å². The first-order valence-electron chi connectivity index (χ1n) is 7.99. The molecule has 2 atom stereocenters. The summed E-state index contributed by atoms with van der Waals surface area (Å²) in [5.74, 6) is 0. The van der Waals surface area contributed by atoms with Crippen LogP contribution in [0.5, 0.6) is 0 Å². The molecule has 1 fully saturated rings. The number of rotatable bonds is 3. The standard InChI is InChI=1S/C21H16N2/c1-3-8-15(9-4-1)17-12-7-13-18(14-17)19-21-20(23(21)22-19)16-10-5-2-6-11-16/h1-14,20-21H. The molecule has 2 unspecified atom stereocenters. The van der Waals surface area contributed by atoms with Crippen molar-refractivity contribution < 1.29 is 0 Å². The Labute approximate surface area is 135 Å². The quantitative estimate of drug-likeness (QED) is 0.650. The van der Waals surface area contributed by atoms with Crippen LogP contribution in [0.2, 0.25) is 0 Å². The van der Waals surface area contributed by atoms with Crippen LogP contribution in [0, 0.1) is 0 Å². The maximum absolute atomic E-state index is 4.71. The van der Waals surface area contributed by atoms with E-state index >= 15 is 0 Å². The lowest BCUT2D eigenvalue weighted by Crippen LogP contribution is -2.22. The van der Waals surface area contributed by atoms with Crippen molar-refractivity contribution in [2.75, 3.05) is 0 Å². The molecule has 0 saturated carbocycles. The van der Waals surface area contributed by atoms with E-state index in [0.29, 0.717) is 12.1 Å². The predicted octanol–water partition coefficient (Wildman–Crippen LogP) is 4.50. The smallest absolute Gasteiger partial charge is 0.118 e. The maximum Gasteiger partial charge on any atom is 0.118 e. The summed E-state index contributed by atoms with van der Waals surface area (Å²) < 4.78 is 0. The molecule has 0 spiro atoms. The van der Waals surface area contributed by atoms with Gasteiger partial charge in [-0.15, -0.1) is 0 Å². The summed E-state index contributed by atoms with van der Waals surface area (Å²) in [6, 6.07) is 30.8. The average Bonchev–Trinajstić information content (AvgIpc) is 3.20. The van der Waals surface area contributed by atoms with E-state index in [1.807, 2.05) is 0 Å². The number of nitrogens with zero attached hydrogens (tertiary/aromatic N) is 2. The van der Waals surface area contributed by atoms with Gasteiger partial charge < -0.3 is 0 Å². The summed E-state index contributed by atoms with van der Waals surface area (Å²) in [5, 5.41) is 6.90. The second-order valence-corrected chi connectivity index (χ2v) is 6.11. The van der Waals surface area contributed by atoms with Crippen molar-refractivity contribution in [3.8, 4) is 11.1 Å². The maximum atomic E-state index is 4.71. The van der Waals surface area contributed by atoms with Crippen LogP contribution in [0.25, 0.3) is 11.1 Å². The van der Waals surface area contributed by atoms with E-state index < -0.39 is 0 Å². The molecule has 3 aromatic rings. The van der Waals surface area contributed by atoms with Crippen molar-refractivity contribution >= 4 is 5.71 Å². The third-order valence-corrected chi connectivity index (χ3v) is 4.69. The largest absolute Gasteiger partial charge is 0.275 e. The van der Waals surface area contributed by atoms with Crippen LogP contribution in [-0.4, -0.2) is 16.8 Å². The topological polar surface area (TPSA) is 15.4 Å². The van der Waals surface area contributed by atoms with Gasteiger partial charge in [0, 0.05) is 5.56 Å². The lowest BCUT2D eigenvalue weighted by Gasteiger charge is -2.14. The molecule has 2 heteroatoms. The van der Waals surface area contributed by atoms with Crippen molar-refractivity contribution in [1.82, 2.24) is 5.01 Å². The van der Waals surface area contributed by atoms with E-state index in [0.717, 1.165) is 0 Å². The highest BCUT2D eigenvalue weighted by Gasteiger charge is 2.58. The Kier molecular flexibility index (Phi) is 2.65. The Hall–Kier alpha value is -2.87. The highest BCUT2D eigenvalue weighted by molar-refractivity contribution is 6.10. The highest BCUT2D eigenvalue weighted by atomic mass is 15.7. The van der Waals surface area contributed by atoms with E-state index in [4.69, 9.17) is 5.10 Å². The molecule has 2 nitrogen and oxygen atoms in total. The molecule has 2 aliphatic heterocycles. The molecule has 0 amide bonds. The molecule has 0 aliphatic carbocycles. The number of hydrazone groups is 1. The van der Waals surface area contributed by atoms with Crippen LogP contribution in [0.4, 0.5) is 0 Å². The second kappa shape index (κ2) is 4.82. The van der Waals surface area contributed by atoms with Gasteiger partial charge >= 0.3 is 0 Å². The molecule has 23 heavy (non-hydrogen) atoms. The summed E-state index contributed by atoms with van der Waals surface area (Å²) in [5.41, 5.74) is 6.32. The van der Waals surface area contributed by atoms with Crippen molar-refractivity contribution in [1.29, 1.82) is 0 Å². The molecule has 0 N–H and O–H groups in total. The zero-order chi connectivity index (χ0) is 15.2. The molecule has 2 aliphatic rings. The van der Waals surface area contributed by atoms with Gasteiger partial charge in [-0.2, -0.15) is 5.10 Å². The molecule has 0 radical (unpaired) electrons. The first-order chi connectivity index (χ1) is 11.4. The van der Waals surface area contributed by atoms with Gasteiger partial charge in [-0.1, -0.05) is 78.9 Å². The van der Waals surface area contributed by atoms with Crippen LogP contribution in [-0.2, 0) is 0 Å². The van der Waals surface area contributed by atoms with E-state index in [1.54, 1.807) is 0 Å². The van der Waals surface area contributed by atoms with E-state index in [2.05, 4.69) is 89.9 Å². The van der Waals surface area contributed by atoms with E-state index in [9.17, 15) is 0 Å². The first-order valence-corrected chi connectivity index (χ1v) is 7.99. The Bertz CT molecular complexity index is 884. The third-order valence-electron chi connectivity index (χ3n) is 4.69. The van der Waals surface area contributed by atoms with Crippen LogP contribution in [0.1, 0.15) is 17.2 Å². The fourth-order valence-electron chi connectivity index (χ4n) is 3.45. The van der Waals surface area contributed by atoms with Gasteiger partial charge in [-0.3, -0.25) is 5.01 Å². The summed E-state index contributed by atoms with van der Waals surface area (Å²) >= 11 is 0. The van der Waals surface area contributed by atoms with Crippen molar-refractivity contribution in [2.24, 2.45) is 5.10 Å². The Morgan fingerprint density at radius 1 is 0.609 bits per heavy atom. The molecular weight excluding hydrogens is 280 g/mol. The summed E-state index contributed by atoms with van der Waals surface area (Å²) in [6.07, 6.45) is 0. The Balaban J connectivity index is 1.43. The van der Waals surface area contributed by atoms with Crippen LogP contribution in [0.15, 0.2) is 90.0 Å². The SMILES string of the molecule is c1ccc(-c2cccc(C3=NN4C3C4c3ccccc3)c2)cc1. The Morgan fingerprint density at radius 3 is 2.04 bits per heavy atom. The summed E-state index contributed by atoms with van der Waals surface area (Å²) in [7, 11) is 0. The molecular formula is C21H16N2. The predicted molar refractivity (Wildman–Crippen MR) is 93.2 cm³/mol. The molecule has 5 rings (SSSR count). The van der Waals surface area contributed by atoms with E-state index in [1.165, 1.54) is 28.0 Å². The highest BCUT2D eigenvalue weighted by Crippen LogP contribution is 2.51. The fraction of sp³-hybridized carbons (Fsp3) is 0.0952. The van der Waals surface area contributed by atoms with Gasteiger partial charge in [0.15, 0.2) is 0 Å².